The topological polar surface area (TPSA) is 94.5 Å². The van der Waals surface area contributed by atoms with Crippen LogP contribution in [0.3, 0.4) is 0 Å². The first-order chi connectivity index (χ1) is 16.4. The minimum atomic E-state index is -0.833. The summed E-state index contributed by atoms with van der Waals surface area (Å²) in [5.74, 6) is 0.820. The molecule has 178 valence electrons. The molecule has 2 N–H and O–H groups in total. The van der Waals surface area contributed by atoms with Gasteiger partial charge in [0.2, 0.25) is 5.91 Å². The van der Waals surface area contributed by atoms with Crippen molar-refractivity contribution in [2.45, 2.75) is 39.2 Å². The van der Waals surface area contributed by atoms with E-state index in [4.69, 9.17) is 9.47 Å². The summed E-state index contributed by atoms with van der Waals surface area (Å²) in [5, 5.41) is 10.4. The van der Waals surface area contributed by atoms with Crippen molar-refractivity contribution in [2.24, 2.45) is 7.05 Å². The maximum atomic E-state index is 13.3. The van der Waals surface area contributed by atoms with Crippen LogP contribution in [0.1, 0.15) is 53.4 Å². The Labute approximate surface area is 199 Å². The van der Waals surface area contributed by atoms with Gasteiger partial charge < -0.3 is 20.1 Å². The molecule has 8 nitrogen and oxygen atoms in total. The highest BCUT2D eigenvalue weighted by Crippen LogP contribution is 2.42. The second-order valence-electron chi connectivity index (χ2n) is 8.24. The molecule has 0 aliphatic carbocycles. The van der Waals surface area contributed by atoms with Crippen molar-refractivity contribution in [1.29, 1.82) is 0 Å². The molecule has 0 spiro atoms. The van der Waals surface area contributed by atoms with Gasteiger partial charge in [-0.2, -0.15) is 5.10 Å². The van der Waals surface area contributed by atoms with Gasteiger partial charge in [-0.05, 0) is 50.1 Å². The summed E-state index contributed by atoms with van der Waals surface area (Å²) < 4.78 is 13.4. The fraction of sp³-hybridized carbons (Fsp3) is 0.346. The zero-order valence-corrected chi connectivity index (χ0v) is 19.9. The fourth-order valence-electron chi connectivity index (χ4n) is 4.35. The number of aryl methyl sites for hydroxylation is 2. The Morgan fingerprint density at radius 1 is 1.12 bits per heavy atom. The van der Waals surface area contributed by atoms with E-state index in [1.54, 1.807) is 36.0 Å². The van der Waals surface area contributed by atoms with Crippen LogP contribution >= 0.6 is 0 Å². The zero-order chi connectivity index (χ0) is 24.2. The summed E-state index contributed by atoms with van der Waals surface area (Å²) in [7, 11) is 1.79. The van der Waals surface area contributed by atoms with Crippen LogP contribution < -0.4 is 20.1 Å². The van der Waals surface area contributed by atoms with Gasteiger partial charge in [0, 0.05) is 24.1 Å². The van der Waals surface area contributed by atoms with Crippen LogP contribution in [0.15, 0.2) is 48.5 Å². The summed E-state index contributed by atoms with van der Waals surface area (Å²) in [4.78, 5) is 26.3. The lowest BCUT2D eigenvalue weighted by Crippen LogP contribution is -2.50. The van der Waals surface area contributed by atoms with Gasteiger partial charge in [-0.15, -0.1) is 0 Å². The van der Waals surface area contributed by atoms with E-state index in [1.165, 1.54) is 0 Å². The molecule has 3 aromatic rings. The molecule has 1 aliphatic heterocycles. The van der Waals surface area contributed by atoms with Gasteiger partial charge >= 0.3 is 0 Å². The number of hydrogen-bond acceptors (Lipinski definition) is 5. The van der Waals surface area contributed by atoms with Crippen LogP contribution in [0.25, 0.3) is 0 Å². The Morgan fingerprint density at radius 2 is 1.88 bits per heavy atom. The van der Waals surface area contributed by atoms with E-state index in [1.807, 2.05) is 45.0 Å². The first kappa shape index (κ1) is 23.4. The maximum absolute atomic E-state index is 13.3. The molecule has 2 amide bonds. The van der Waals surface area contributed by atoms with Gasteiger partial charge in [0.1, 0.15) is 11.9 Å². The second kappa shape index (κ2) is 9.99. The van der Waals surface area contributed by atoms with Crippen molar-refractivity contribution in [2.75, 3.05) is 18.5 Å². The number of nitrogens with zero attached hydrogens (tertiary/aromatic N) is 2. The van der Waals surface area contributed by atoms with E-state index in [2.05, 4.69) is 15.7 Å². The second-order valence-corrected chi connectivity index (χ2v) is 8.24. The minimum absolute atomic E-state index is 0.297. The number of carbonyl (C=O) groups excluding carboxylic acids is 2. The predicted molar refractivity (Wildman–Crippen MR) is 130 cm³/mol. The van der Waals surface area contributed by atoms with E-state index < -0.39 is 12.0 Å². The zero-order valence-electron chi connectivity index (χ0n) is 19.9. The number of fused-ring (bicyclic) bond motifs is 1. The Kier molecular flexibility index (Phi) is 6.86. The average molecular weight is 463 g/mol. The number of benzene rings is 2. The third-order valence-electron chi connectivity index (χ3n) is 5.85. The van der Waals surface area contributed by atoms with E-state index in [9.17, 15) is 9.59 Å². The van der Waals surface area contributed by atoms with Crippen molar-refractivity contribution in [3.63, 3.8) is 0 Å². The monoisotopic (exact) mass is 462 g/mol. The van der Waals surface area contributed by atoms with E-state index in [0.29, 0.717) is 36.1 Å². The Balaban J connectivity index is 1.79. The molecule has 0 bridgehead atoms. The molecule has 0 fully saturated rings. The number of carbonyl (C=O) groups is 2. The highest BCUT2D eigenvalue weighted by Gasteiger charge is 2.41. The molecule has 0 saturated carbocycles. The van der Waals surface area contributed by atoms with Crippen LogP contribution in [0.2, 0.25) is 0 Å². The molecule has 0 radical (unpaired) electrons. The van der Waals surface area contributed by atoms with Crippen molar-refractivity contribution in [1.82, 2.24) is 15.1 Å². The number of ether oxygens (including phenoxy) is 2. The van der Waals surface area contributed by atoms with Crippen LogP contribution in [-0.4, -0.2) is 40.9 Å². The summed E-state index contributed by atoms with van der Waals surface area (Å²) >= 11 is 0. The van der Waals surface area contributed by atoms with E-state index in [0.717, 1.165) is 23.2 Å². The quantitative estimate of drug-likeness (QED) is 0.531. The molecule has 4 rings (SSSR count). The molecule has 2 atom stereocenters. The minimum Gasteiger partial charge on any atom is -0.490 e. The molecule has 8 heteroatoms. The first-order valence-electron chi connectivity index (χ1n) is 11.5. The number of aromatic nitrogens is 2. The molecule has 0 unspecified atom stereocenters. The van der Waals surface area contributed by atoms with Crippen LogP contribution in [0.5, 0.6) is 11.5 Å². The maximum Gasteiger partial charge on any atom is 0.251 e. The molecular formula is C26H30N4O4. The number of hydrogen-bond donors (Lipinski definition) is 2. The van der Waals surface area contributed by atoms with Gasteiger partial charge in [0.15, 0.2) is 11.5 Å². The molecule has 1 aromatic heterocycles. The van der Waals surface area contributed by atoms with Crippen molar-refractivity contribution in [3.8, 4) is 11.5 Å². The molecular weight excluding hydrogens is 432 g/mol. The predicted octanol–water partition coefficient (Wildman–Crippen LogP) is 3.80. The van der Waals surface area contributed by atoms with Crippen molar-refractivity contribution >= 4 is 17.6 Å². The lowest BCUT2D eigenvalue weighted by Gasteiger charge is -2.33. The van der Waals surface area contributed by atoms with Gasteiger partial charge in [-0.25, -0.2) is 0 Å². The molecule has 34 heavy (non-hydrogen) atoms. The summed E-state index contributed by atoms with van der Waals surface area (Å²) in [6.07, 6.45) is 0.877. The fourth-order valence-corrected chi connectivity index (χ4v) is 4.35. The Bertz CT molecular complexity index is 1190. The van der Waals surface area contributed by atoms with Crippen molar-refractivity contribution < 1.29 is 19.1 Å². The van der Waals surface area contributed by atoms with Crippen LogP contribution in [0.4, 0.5) is 5.82 Å². The lowest BCUT2D eigenvalue weighted by atomic mass is 9.81. The highest BCUT2D eigenvalue weighted by atomic mass is 16.5. The molecule has 2 aromatic carbocycles. The molecule has 0 saturated heterocycles. The SMILES string of the molecule is CCCOc1ccc([C@@H]2c3c(C)nn(C)c3NC(=O)[C@H]2NC(=O)c2ccccc2)cc1OCC. The van der Waals surface area contributed by atoms with Crippen LogP contribution in [0, 0.1) is 6.92 Å². The van der Waals surface area contributed by atoms with Crippen LogP contribution in [-0.2, 0) is 11.8 Å². The van der Waals surface area contributed by atoms with Gasteiger partial charge in [0.25, 0.3) is 5.91 Å². The molecule has 2 heterocycles. The summed E-state index contributed by atoms with van der Waals surface area (Å²) in [5.41, 5.74) is 2.97. The Hall–Kier alpha value is -3.81. The lowest BCUT2D eigenvalue weighted by molar-refractivity contribution is -0.118. The first-order valence-corrected chi connectivity index (χ1v) is 11.5. The number of amides is 2. The largest absolute Gasteiger partial charge is 0.490 e. The van der Waals surface area contributed by atoms with E-state index in [-0.39, 0.29) is 11.8 Å². The summed E-state index contributed by atoms with van der Waals surface area (Å²) in [6.45, 7) is 6.91. The smallest absolute Gasteiger partial charge is 0.251 e. The Morgan fingerprint density at radius 3 is 2.59 bits per heavy atom. The number of nitrogens with one attached hydrogen (secondary N) is 2. The normalized spacial score (nSPS) is 17.0. The highest BCUT2D eigenvalue weighted by molar-refractivity contribution is 6.03. The standard InChI is InChI=1S/C26H30N4O4/c1-5-14-34-19-13-12-18(15-20(19)33-6-2)22-21-16(3)29-30(4)24(21)28-26(32)23(22)27-25(31)17-10-8-7-9-11-17/h7-13,15,22-23H,5-6,14H2,1-4H3,(H,27,31)(H,28,32)/t22-,23+/m1/s1. The third kappa shape index (κ3) is 4.48. The number of anilines is 1. The van der Waals surface area contributed by atoms with Gasteiger partial charge in [-0.3, -0.25) is 14.3 Å². The van der Waals surface area contributed by atoms with Gasteiger partial charge in [-0.1, -0.05) is 31.2 Å². The number of rotatable bonds is 8. The van der Waals surface area contributed by atoms with Gasteiger partial charge in [0.05, 0.1) is 18.9 Å². The average Bonchev–Trinajstić information content (AvgIpc) is 3.12. The van der Waals surface area contributed by atoms with Crippen molar-refractivity contribution in [3.05, 3.63) is 70.9 Å². The van der Waals surface area contributed by atoms with E-state index >= 15 is 0 Å². The molecule has 1 aliphatic rings. The third-order valence-corrected chi connectivity index (χ3v) is 5.85. The summed E-state index contributed by atoms with van der Waals surface area (Å²) in [6, 6.07) is 13.7.